The molecule has 0 radical (unpaired) electrons. The van der Waals surface area contributed by atoms with Crippen LogP contribution >= 0.6 is 11.3 Å². The summed E-state index contributed by atoms with van der Waals surface area (Å²) in [6.07, 6.45) is -0.256. The Kier molecular flexibility index (Phi) is 8.32. The lowest BCUT2D eigenvalue weighted by Gasteiger charge is -2.12. The Hall–Kier alpha value is -3.67. The van der Waals surface area contributed by atoms with Crippen LogP contribution in [0.2, 0.25) is 0 Å². The normalized spacial score (nSPS) is 10.8. The number of carbonyl (C=O) groups is 3. The molecule has 0 saturated carbocycles. The Morgan fingerprint density at radius 3 is 2.55 bits per heavy atom. The van der Waals surface area contributed by atoms with Gasteiger partial charge in [0.05, 0.1) is 36.9 Å². The van der Waals surface area contributed by atoms with Crippen molar-refractivity contribution in [3.05, 3.63) is 28.8 Å². The number of ether oxygens (including phenoxy) is 2. The van der Waals surface area contributed by atoms with Gasteiger partial charge in [0.1, 0.15) is 17.2 Å². The standard InChI is InChI=1S/C19H24N6O5S/c1-10-17(31-19(21-10)25-23-11(2)26)15(27)9-14(24-20-3)18(28)22-13-7-6-12(29-4)8-16(13)30-5/h6-8,20H,9H2,1-5H3,(H,21,25)(H,22,28)(H,23,26)/b24-14+. The van der Waals surface area contributed by atoms with Gasteiger partial charge in [-0.1, -0.05) is 11.3 Å². The van der Waals surface area contributed by atoms with Gasteiger partial charge in [0.25, 0.3) is 5.91 Å². The largest absolute Gasteiger partial charge is 0.497 e. The number of nitrogens with zero attached hydrogens (tertiary/aromatic N) is 2. The van der Waals surface area contributed by atoms with E-state index in [9.17, 15) is 14.4 Å². The highest BCUT2D eigenvalue weighted by Crippen LogP contribution is 2.29. The van der Waals surface area contributed by atoms with Crippen LogP contribution in [0.25, 0.3) is 0 Å². The summed E-state index contributed by atoms with van der Waals surface area (Å²) in [5.74, 6) is -0.232. The van der Waals surface area contributed by atoms with E-state index in [0.717, 1.165) is 11.3 Å². The summed E-state index contributed by atoms with van der Waals surface area (Å²) in [5, 5.41) is 7.00. The number of nitrogens with one attached hydrogen (secondary N) is 4. The molecule has 2 amide bonds. The molecule has 1 heterocycles. The second-order valence-electron chi connectivity index (χ2n) is 6.14. The van der Waals surface area contributed by atoms with E-state index >= 15 is 0 Å². The molecule has 0 aliphatic rings. The number of hydrogen-bond donors (Lipinski definition) is 4. The summed E-state index contributed by atoms with van der Waals surface area (Å²) in [5.41, 5.74) is 8.42. The third kappa shape index (κ3) is 6.40. The highest BCUT2D eigenvalue weighted by atomic mass is 32.1. The first-order valence-corrected chi connectivity index (χ1v) is 9.90. The molecule has 1 aromatic heterocycles. The Morgan fingerprint density at radius 2 is 1.94 bits per heavy atom. The monoisotopic (exact) mass is 448 g/mol. The van der Waals surface area contributed by atoms with Gasteiger partial charge in [-0.25, -0.2) is 4.98 Å². The number of methoxy groups -OCH3 is 2. The van der Waals surface area contributed by atoms with Crippen LogP contribution in [-0.2, 0) is 9.59 Å². The number of ketones is 1. The fourth-order valence-electron chi connectivity index (χ4n) is 2.48. The van der Waals surface area contributed by atoms with Gasteiger partial charge in [0.15, 0.2) is 5.78 Å². The molecular formula is C19H24N6O5S. The topological polar surface area (TPSA) is 143 Å². The van der Waals surface area contributed by atoms with E-state index in [-0.39, 0.29) is 23.8 Å². The Bertz CT molecular complexity index is 1000. The molecule has 0 atom stereocenters. The van der Waals surface area contributed by atoms with Crippen LogP contribution in [0.3, 0.4) is 0 Å². The van der Waals surface area contributed by atoms with Gasteiger partial charge in [0.2, 0.25) is 11.0 Å². The highest BCUT2D eigenvalue weighted by Gasteiger charge is 2.22. The predicted molar refractivity (Wildman–Crippen MR) is 118 cm³/mol. The predicted octanol–water partition coefficient (Wildman–Crippen LogP) is 1.72. The summed E-state index contributed by atoms with van der Waals surface area (Å²) in [6.45, 7) is 3.01. The molecule has 0 unspecified atom stereocenters. The molecule has 31 heavy (non-hydrogen) atoms. The van der Waals surface area contributed by atoms with Crippen molar-refractivity contribution in [2.75, 3.05) is 32.0 Å². The van der Waals surface area contributed by atoms with Gasteiger partial charge < -0.3 is 20.2 Å². The van der Waals surface area contributed by atoms with E-state index in [1.807, 2.05) is 0 Å². The van der Waals surface area contributed by atoms with Crippen LogP contribution in [0.1, 0.15) is 28.7 Å². The number of hydrogen-bond acceptors (Lipinski definition) is 10. The van der Waals surface area contributed by atoms with Crippen molar-refractivity contribution in [1.29, 1.82) is 0 Å². The molecule has 2 rings (SSSR count). The highest BCUT2D eigenvalue weighted by molar-refractivity contribution is 7.17. The van der Waals surface area contributed by atoms with Crippen molar-refractivity contribution in [1.82, 2.24) is 15.8 Å². The van der Waals surface area contributed by atoms with Gasteiger partial charge >= 0.3 is 0 Å². The molecule has 0 bridgehead atoms. The first kappa shape index (κ1) is 23.6. The zero-order chi connectivity index (χ0) is 23.0. The minimum Gasteiger partial charge on any atom is -0.497 e. The second-order valence-corrected chi connectivity index (χ2v) is 7.14. The number of anilines is 2. The maximum Gasteiger partial charge on any atom is 0.272 e. The molecular weight excluding hydrogens is 424 g/mol. The Morgan fingerprint density at radius 1 is 1.19 bits per heavy atom. The molecule has 1 aromatic carbocycles. The number of carbonyl (C=O) groups excluding carboxylic acids is 3. The number of Topliss-reactive ketones (excluding diaryl/α,β-unsaturated/α-hetero) is 1. The average Bonchev–Trinajstić information content (AvgIpc) is 3.12. The summed E-state index contributed by atoms with van der Waals surface area (Å²) < 4.78 is 10.4. The summed E-state index contributed by atoms with van der Waals surface area (Å²) in [4.78, 5) is 41.1. The SMILES string of the molecule is CN/N=C(\CC(=O)c1sc(NNC(C)=O)nc1C)C(=O)Nc1ccc(OC)cc1OC. The lowest BCUT2D eigenvalue weighted by Crippen LogP contribution is -2.27. The van der Waals surface area contributed by atoms with E-state index in [4.69, 9.17) is 9.47 Å². The summed E-state index contributed by atoms with van der Waals surface area (Å²) in [6, 6.07) is 4.92. The number of thiazole rings is 1. The van der Waals surface area contributed by atoms with Crippen molar-refractivity contribution < 1.29 is 23.9 Å². The molecule has 11 nitrogen and oxygen atoms in total. The van der Waals surface area contributed by atoms with Gasteiger partial charge in [-0.2, -0.15) is 5.10 Å². The van der Waals surface area contributed by atoms with Crippen LogP contribution in [0, 0.1) is 6.92 Å². The fraction of sp³-hybridized carbons (Fsp3) is 0.316. The number of aryl methyl sites for hydroxylation is 1. The Labute approximate surface area is 183 Å². The van der Waals surface area contributed by atoms with Crippen LogP contribution < -0.4 is 31.1 Å². The van der Waals surface area contributed by atoms with Gasteiger partial charge in [-0.05, 0) is 19.1 Å². The maximum absolute atomic E-state index is 12.8. The lowest BCUT2D eigenvalue weighted by atomic mass is 10.1. The van der Waals surface area contributed by atoms with Crippen LogP contribution in [0.4, 0.5) is 10.8 Å². The summed E-state index contributed by atoms with van der Waals surface area (Å²) in [7, 11) is 4.52. The van der Waals surface area contributed by atoms with E-state index < -0.39 is 5.91 Å². The molecule has 166 valence electrons. The third-order valence-electron chi connectivity index (χ3n) is 3.89. The Balaban J connectivity index is 2.16. The zero-order valence-electron chi connectivity index (χ0n) is 17.8. The summed E-state index contributed by atoms with van der Waals surface area (Å²) >= 11 is 1.07. The fourth-order valence-corrected chi connectivity index (χ4v) is 3.34. The number of rotatable bonds is 10. The van der Waals surface area contributed by atoms with E-state index in [1.54, 1.807) is 25.1 Å². The van der Waals surface area contributed by atoms with Crippen molar-refractivity contribution in [2.45, 2.75) is 20.3 Å². The van der Waals surface area contributed by atoms with Crippen LogP contribution in [0.5, 0.6) is 11.5 Å². The number of amides is 2. The molecule has 0 fully saturated rings. The molecule has 0 aliphatic carbocycles. The lowest BCUT2D eigenvalue weighted by molar-refractivity contribution is -0.118. The van der Waals surface area contributed by atoms with Crippen molar-refractivity contribution >= 4 is 45.5 Å². The first-order chi connectivity index (χ1) is 14.8. The quantitative estimate of drug-likeness (QED) is 0.244. The maximum atomic E-state index is 12.8. The molecule has 12 heteroatoms. The molecule has 0 spiro atoms. The number of benzene rings is 1. The van der Waals surface area contributed by atoms with E-state index in [0.29, 0.717) is 32.9 Å². The zero-order valence-corrected chi connectivity index (χ0v) is 18.6. The van der Waals surface area contributed by atoms with Gasteiger partial charge in [0, 0.05) is 20.0 Å². The van der Waals surface area contributed by atoms with Gasteiger partial charge in [-0.3, -0.25) is 25.2 Å². The molecule has 0 saturated heterocycles. The van der Waals surface area contributed by atoms with Crippen LogP contribution in [0.15, 0.2) is 23.3 Å². The number of hydrazine groups is 1. The van der Waals surface area contributed by atoms with Crippen molar-refractivity contribution in [3.63, 3.8) is 0 Å². The van der Waals surface area contributed by atoms with Gasteiger partial charge in [-0.15, -0.1) is 0 Å². The second kappa shape index (κ2) is 10.9. The van der Waals surface area contributed by atoms with Crippen molar-refractivity contribution in [3.8, 4) is 11.5 Å². The first-order valence-electron chi connectivity index (χ1n) is 9.08. The van der Waals surface area contributed by atoms with Crippen molar-refractivity contribution in [2.24, 2.45) is 5.10 Å². The number of hydrazone groups is 1. The van der Waals surface area contributed by atoms with E-state index in [2.05, 4.69) is 31.7 Å². The third-order valence-corrected chi connectivity index (χ3v) is 5.00. The average molecular weight is 449 g/mol. The minimum atomic E-state index is -0.565. The molecule has 2 aromatic rings. The minimum absolute atomic E-state index is 0.0189. The smallest absolute Gasteiger partial charge is 0.272 e. The van der Waals surface area contributed by atoms with E-state index in [1.165, 1.54) is 28.2 Å². The molecule has 4 N–H and O–H groups in total. The number of aromatic nitrogens is 1. The van der Waals surface area contributed by atoms with Crippen LogP contribution in [-0.4, -0.2) is 49.6 Å². The molecule has 0 aliphatic heterocycles.